The zero-order chi connectivity index (χ0) is 4.12. The molecule has 0 atom stereocenters. The van der Waals surface area contributed by atoms with Gasteiger partial charge in [0.05, 0.1) is 0 Å². The van der Waals surface area contributed by atoms with Crippen molar-refractivity contribution in [2.75, 3.05) is 0 Å². The summed E-state index contributed by atoms with van der Waals surface area (Å²) in [4.78, 5) is 3.31. The molecule has 0 bridgehead atoms. The number of hydrogen-bond donors (Lipinski definition) is 0. The monoisotopic (exact) mass is 166 g/mol. The van der Waals surface area contributed by atoms with Crippen LogP contribution in [0.2, 0.25) is 0 Å². The van der Waals surface area contributed by atoms with Crippen LogP contribution in [-0.2, 0) is 31.4 Å². The minimum atomic E-state index is 0. The summed E-state index contributed by atoms with van der Waals surface area (Å²) in [7, 11) is 0. The topological polar surface area (TPSA) is 47.6 Å². The zero-order valence-electron chi connectivity index (χ0n) is 2.56. The standard InChI is InChI=1S/2CN.Fe.Ni/c2*1-2;;. The van der Waals surface area contributed by atoms with Crippen LogP contribution in [0.3, 0.4) is 0 Å². The number of nitriles is 2. The molecule has 2 nitrogen and oxygen atoms in total. The SMILES string of the molecule is N#[C][Fe][C]#N.[Ni]. The minimum Gasteiger partial charge on any atom is 0 e. The van der Waals surface area contributed by atoms with Gasteiger partial charge in [-0.25, -0.2) is 0 Å². The second-order valence-electron chi connectivity index (χ2n) is 0.247. The van der Waals surface area contributed by atoms with Crippen molar-refractivity contribution in [3.05, 3.63) is 0 Å². The van der Waals surface area contributed by atoms with E-state index in [0.717, 1.165) is 0 Å². The fourth-order valence-electron chi connectivity index (χ4n) is 0.0177. The molecule has 0 spiro atoms. The first-order valence-electron chi connectivity index (χ1n) is 0.801. The van der Waals surface area contributed by atoms with Crippen LogP contribution in [0.15, 0.2) is 0 Å². The van der Waals surface area contributed by atoms with E-state index in [4.69, 9.17) is 10.5 Å². The van der Waals surface area contributed by atoms with Gasteiger partial charge in [0, 0.05) is 16.5 Å². The summed E-state index contributed by atoms with van der Waals surface area (Å²) in [6, 6.07) is 0. The molecule has 0 amide bonds. The van der Waals surface area contributed by atoms with Crippen LogP contribution in [0.1, 0.15) is 0 Å². The molecule has 0 aliphatic rings. The third-order valence-corrected chi connectivity index (χ3v) is 0.326. The summed E-state index contributed by atoms with van der Waals surface area (Å²) in [5.41, 5.74) is 0. The second kappa shape index (κ2) is 8.89. The first kappa shape index (κ1) is 9.37. The van der Waals surface area contributed by atoms with E-state index in [9.17, 15) is 0 Å². The average Bonchev–Trinajstić information content (AvgIpc) is 1.41. The Morgan fingerprint density at radius 3 is 1.50 bits per heavy atom. The maximum Gasteiger partial charge on any atom is 0 e. The van der Waals surface area contributed by atoms with Crippen molar-refractivity contribution in [1.82, 2.24) is 0 Å². The number of nitrogens with zero attached hydrogens (tertiary/aromatic N) is 2. The molecular weight excluding hydrogens is 167 g/mol. The van der Waals surface area contributed by atoms with E-state index in [1.165, 1.54) is 0 Å². The Morgan fingerprint density at radius 2 is 1.50 bits per heavy atom. The Kier molecular flexibility index (Phi) is 13.9. The summed E-state index contributed by atoms with van der Waals surface area (Å²) in [6.45, 7) is 0. The molecule has 36 valence electrons. The van der Waals surface area contributed by atoms with E-state index in [1.807, 2.05) is 0 Å². The summed E-state index contributed by atoms with van der Waals surface area (Å²) < 4.78 is 0. The molecule has 0 rings (SSSR count). The smallest absolute Gasteiger partial charge is 0 e. The van der Waals surface area contributed by atoms with Crippen LogP contribution in [0.25, 0.3) is 0 Å². The molecule has 0 aromatic rings. The summed E-state index contributed by atoms with van der Waals surface area (Å²) in [5.74, 6) is 0. The molecule has 0 unspecified atom stereocenters. The van der Waals surface area contributed by atoms with Crippen molar-refractivity contribution in [3.8, 4) is 9.94 Å². The molecule has 0 radical (unpaired) electrons. The van der Waals surface area contributed by atoms with Crippen molar-refractivity contribution in [1.29, 1.82) is 10.5 Å². The quantitative estimate of drug-likeness (QED) is 0.477. The van der Waals surface area contributed by atoms with E-state index in [0.29, 0.717) is 0 Å². The zero-order valence-corrected chi connectivity index (χ0v) is 4.66. The second-order valence-corrected chi connectivity index (χ2v) is 1.02. The molecule has 0 fully saturated rings. The maximum atomic E-state index is 7.59. The Bertz CT molecular complexity index is 76.7. The Hall–Kier alpha value is -0.00701. The van der Waals surface area contributed by atoms with E-state index < -0.39 is 0 Å². The molecule has 0 aliphatic heterocycles. The predicted molar refractivity (Wildman–Crippen MR) is 11.2 cm³/mol. The fourth-order valence-corrected chi connectivity index (χ4v) is 0.0729. The van der Waals surface area contributed by atoms with Crippen LogP contribution < -0.4 is 0 Å². The van der Waals surface area contributed by atoms with Gasteiger partial charge in [-0.3, -0.25) is 0 Å². The van der Waals surface area contributed by atoms with Crippen LogP contribution in [0.5, 0.6) is 0 Å². The van der Waals surface area contributed by atoms with Gasteiger partial charge in [-0.2, -0.15) is 0 Å². The third kappa shape index (κ3) is 9.01. The van der Waals surface area contributed by atoms with Gasteiger partial charge in [0.1, 0.15) is 0 Å². The summed E-state index contributed by atoms with van der Waals surface area (Å²) in [6.07, 6.45) is 0. The average molecular weight is 167 g/mol. The molecule has 0 aliphatic carbocycles. The van der Waals surface area contributed by atoms with Crippen LogP contribution in [-0.4, -0.2) is 0 Å². The van der Waals surface area contributed by atoms with E-state index in [-0.39, 0.29) is 31.4 Å². The van der Waals surface area contributed by atoms with Gasteiger partial charge in [-0.1, -0.05) is 0 Å². The van der Waals surface area contributed by atoms with Crippen molar-refractivity contribution in [2.45, 2.75) is 0 Å². The van der Waals surface area contributed by atoms with Gasteiger partial charge in [-0.05, 0) is 0 Å². The van der Waals surface area contributed by atoms with Gasteiger partial charge in [-0.15, -0.1) is 0 Å². The summed E-state index contributed by atoms with van der Waals surface area (Å²) in [5, 5.41) is 15.2. The normalized spacial score (nSPS) is 4.33. The van der Waals surface area contributed by atoms with Crippen molar-refractivity contribution < 1.29 is 31.4 Å². The first-order valence-corrected chi connectivity index (χ1v) is 1.90. The van der Waals surface area contributed by atoms with Crippen LogP contribution in [0, 0.1) is 20.5 Å². The third-order valence-electron chi connectivity index (χ3n) is 0.0791. The van der Waals surface area contributed by atoms with Gasteiger partial charge < -0.3 is 0 Å². The number of rotatable bonds is 0. The van der Waals surface area contributed by atoms with Gasteiger partial charge in [0.2, 0.25) is 0 Å². The Labute approximate surface area is 52.2 Å². The molecule has 0 saturated heterocycles. The van der Waals surface area contributed by atoms with E-state index in [1.54, 1.807) is 9.94 Å². The van der Waals surface area contributed by atoms with Crippen molar-refractivity contribution in [2.24, 2.45) is 0 Å². The predicted octanol–water partition coefficient (Wildman–Crippen LogP) is 0.0286. The Balaban J connectivity index is 0. The molecule has 0 aromatic carbocycles. The molecule has 6 heavy (non-hydrogen) atoms. The Morgan fingerprint density at radius 1 is 1.17 bits per heavy atom. The largest absolute Gasteiger partial charge is 0 e. The first-order chi connectivity index (χ1) is 2.41. The minimum absolute atomic E-state index is 0. The van der Waals surface area contributed by atoms with Gasteiger partial charge >= 0.3 is 35.4 Å². The molecule has 0 heterocycles. The fraction of sp³-hybridized carbons (Fsp3) is 0. The summed E-state index contributed by atoms with van der Waals surface area (Å²) >= 11 is 0. The molecule has 4 heteroatoms. The molecule has 0 saturated carbocycles. The number of hydrogen-bond acceptors (Lipinski definition) is 2. The molecule has 0 N–H and O–H groups in total. The van der Waals surface area contributed by atoms with Gasteiger partial charge in [0.25, 0.3) is 0 Å². The molecular formula is C2FeN2Ni. The van der Waals surface area contributed by atoms with E-state index in [2.05, 4.69) is 0 Å². The van der Waals surface area contributed by atoms with Crippen LogP contribution >= 0.6 is 0 Å². The maximum absolute atomic E-state index is 7.59. The van der Waals surface area contributed by atoms with Crippen LogP contribution in [0.4, 0.5) is 0 Å². The van der Waals surface area contributed by atoms with Crippen molar-refractivity contribution in [3.63, 3.8) is 0 Å². The van der Waals surface area contributed by atoms with Crippen molar-refractivity contribution >= 4 is 0 Å². The van der Waals surface area contributed by atoms with E-state index >= 15 is 0 Å². The molecule has 0 aromatic heterocycles. The van der Waals surface area contributed by atoms with Gasteiger partial charge in [0.15, 0.2) is 0 Å².